The molecule has 0 amide bonds. The molecule has 0 aliphatic carbocycles. The van der Waals surface area contributed by atoms with Crippen LogP contribution in [-0.2, 0) is 21.2 Å². The van der Waals surface area contributed by atoms with Crippen molar-refractivity contribution in [1.29, 1.82) is 0 Å². The highest BCUT2D eigenvalue weighted by Crippen LogP contribution is 2.39. The van der Waals surface area contributed by atoms with E-state index in [2.05, 4.69) is 22.6 Å². The molecule has 1 heterocycles. The number of sulfonamides is 1. The molecule has 2 aromatic rings. The summed E-state index contributed by atoms with van der Waals surface area (Å²) >= 11 is 2.20. The van der Waals surface area contributed by atoms with Crippen LogP contribution in [0, 0.1) is 0 Å². The summed E-state index contributed by atoms with van der Waals surface area (Å²) < 4.78 is 27.4. The molecule has 1 aliphatic heterocycles. The van der Waals surface area contributed by atoms with Gasteiger partial charge in [-0.2, -0.15) is 4.31 Å². The number of aliphatic carboxylic acids is 1. The highest BCUT2D eigenvalue weighted by atomic mass is 127. The molecule has 3 rings (SSSR count). The van der Waals surface area contributed by atoms with Gasteiger partial charge in [-0.3, -0.25) is 4.79 Å². The number of halogens is 1. The summed E-state index contributed by atoms with van der Waals surface area (Å²) in [5, 5.41) is 9.01. The lowest BCUT2D eigenvalue weighted by molar-refractivity contribution is -0.136. The highest BCUT2D eigenvalue weighted by Gasteiger charge is 2.38. The van der Waals surface area contributed by atoms with Gasteiger partial charge in [-0.05, 0) is 36.1 Å². The van der Waals surface area contributed by atoms with E-state index in [4.69, 9.17) is 5.11 Å². The maximum absolute atomic E-state index is 13.0. The molecular weight excluding hydrogens is 465 g/mol. The van der Waals surface area contributed by atoms with Gasteiger partial charge in [-0.1, -0.05) is 65.1 Å². The first-order valence-corrected chi connectivity index (χ1v) is 11.1. The van der Waals surface area contributed by atoms with E-state index >= 15 is 0 Å². The first-order valence-electron chi connectivity index (χ1n) is 8.41. The average Bonchev–Trinajstić information content (AvgIpc) is 2.62. The minimum Gasteiger partial charge on any atom is -0.481 e. The molecule has 2 unspecified atom stereocenters. The molecule has 7 heteroatoms. The van der Waals surface area contributed by atoms with Crippen molar-refractivity contribution >= 4 is 38.6 Å². The van der Waals surface area contributed by atoms with Crippen LogP contribution in [-0.4, -0.2) is 34.4 Å². The summed E-state index contributed by atoms with van der Waals surface area (Å²) in [6.45, 7) is 0.496. The van der Waals surface area contributed by atoms with Crippen LogP contribution in [0.2, 0.25) is 0 Å². The lowest BCUT2D eigenvalue weighted by atomic mass is 9.90. The Balaban J connectivity index is 1.89. The van der Waals surface area contributed by atoms with E-state index in [0.29, 0.717) is 11.4 Å². The van der Waals surface area contributed by atoms with Crippen LogP contribution in [0.1, 0.15) is 29.9 Å². The second kappa shape index (κ2) is 8.06. The van der Waals surface area contributed by atoms with Gasteiger partial charge in [-0.25, -0.2) is 8.42 Å². The topological polar surface area (TPSA) is 74.7 Å². The summed E-state index contributed by atoms with van der Waals surface area (Å²) in [4.78, 5) is 11.3. The summed E-state index contributed by atoms with van der Waals surface area (Å²) in [6, 6.07) is 16.0. The van der Waals surface area contributed by atoms with Crippen LogP contribution in [0.15, 0.2) is 59.5 Å². The molecule has 138 valence electrons. The molecule has 1 fully saturated rings. The standard InChI is InChI=1S/C19H20INO4S/c20-19-17(15-7-4-6-14(12-15)13-18(22)23)10-5-11-21(19)26(24,25)16-8-2-1-3-9-16/h1-4,6-9,12,17,19H,5,10-11,13H2,(H,22,23). The fourth-order valence-corrected chi connectivity index (χ4v) is 6.85. The van der Waals surface area contributed by atoms with E-state index in [-0.39, 0.29) is 16.4 Å². The predicted molar refractivity (Wildman–Crippen MR) is 108 cm³/mol. The molecule has 1 N–H and O–H groups in total. The second-order valence-electron chi connectivity index (χ2n) is 6.37. The van der Waals surface area contributed by atoms with Crippen LogP contribution in [0.25, 0.3) is 0 Å². The van der Waals surface area contributed by atoms with Gasteiger partial charge in [0.05, 0.1) is 15.4 Å². The predicted octanol–water partition coefficient (Wildman–Crippen LogP) is 3.64. The molecule has 5 nitrogen and oxygen atoms in total. The fourth-order valence-electron chi connectivity index (χ4n) is 3.34. The number of hydrogen-bond acceptors (Lipinski definition) is 3. The van der Waals surface area contributed by atoms with Gasteiger partial charge in [0.2, 0.25) is 10.0 Å². The zero-order chi connectivity index (χ0) is 18.7. The third kappa shape index (κ3) is 4.10. The molecule has 2 aromatic carbocycles. The van der Waals surface area contributed by atoms with Gasteiger partial charge in [0, 0.05) is 12.5 Å². The normalized spacial score (nSPS) is 21.4. The minimum atomic E-state index is -3.55. The van der Waals surface area contributed by atoms with Crippen molar-refractivity contribution in [2.45, 2.75) is 34.1 Å². The Bertz CT molecular complexity index is 885. The van der Waals surface area contributed by atoms with Crippen LogP contribution >= 0.6 is 22.6 Å². The first kappa shape index (κ1) is 19.3. The summed E-state index contributed by atoms with van der Waals surface area (Å²) in [5.74, 6) is -0.832. The molecule has 0 aromatic heterocycles. The van der Waals surface area contributed by atoms with Gasteiger partial charge in [0.25, 0.3) is 0 Å². The minimum absolute atomic E-state index is 0.0293. The summed E-state index contributed by atoms with van der Waals surface area (Å²) in [6.07, 6.45) is 1.63. The maximum atomic E-state index is 13.0. The lowest BCUT2D eigenvalue weighted by Crippen LogP contribution is -2.44. The lowest BCUT2D eigenvalue weighted by Gasteiger charge is -2.37. The number of rotatable bonds is 5. The Kier molecular flexibility index (Phi) is 5.99. The van der Waals surface area contributed by atoms with Gasteiger partial charge in [-0.15, -0.1) is 0 Å². The van der Waals surface area contributed by atoms with E-state index in [1.807, 2.05) is 18.2 Å². The number of carboxylic acids is 1. The number of piperidine rings is 1. The third-order valence-electron chi connectivity index (χ3n) is 4.59. The van der Waals surface area contributed by atoms with E-state index in [1.54, 1.807) is 40.7 Å². The number of benzene rings is 2. The van der Waals surface area contributed by atoms with Crippen molar-refractivity contribution in [3.63, 3.8) is 0 Å². The van der Waals surface area contributed by atoms with Crippen LogP contribution < -0.4 is 0 Å². The highest BCUT2D eigenvalue weighted by molar-refractivity contribution is 14.1. The summed E-state index contributed by atoms with van der Waals surface area (Å²) in [7, 11) is -3.55. The van der Waals surface area contributed by atoms with E-state index in [9.17, 15) is 13.2 Å². The molecule has 0 bridgehead atoms. The SMILES string of the molecule is O=C(O)Cc1cccc(C2CCCN(S(=O)(=O)c3ccccc3)C2I)c1. The Labute approximate surface area is 167 Å². The Morgan fingerprint density at radius 3 is 2.58 bits per heavy atom. The summed E-state index contributed by atoms with van der Waals surface area (Å²) in [5.41, 5.74) is 1.73. The van der Waals surface area contributed by atoms with Crippen LogP contribution in [0.5, 0.6) is 0 Å². The average molecular weight is 485 g/mol. The second-order valence-corrected chi connectivity index (χ2v) is 9.53. The third-order valence-corrected chi connectivity index (χ3v) is 8.40. The van der Waals surface area contributed by atoms with Crippen molar-refractivity contribution in [2.75, 3.05) is 6.54 Å². The quantitative estimate of drug-likeness (QED) is 0.399. The van der Waals surface area contributed by atoms with Crippen molar-refractivity contribution in [3.8, 4) is 0 Å². The Morgan fingerprint density at radius 2 is 1.88 bits per heavy atom. The van der Waals surface area contributed by atoms with Crippen molar-refractivity contribution in [1.82, 2.24) is 4.31 Å². The van der Waals surface area contributed by atoms with E-state index < -0.39 is 16.0 Å². The van der Waals surface area contributed by atoms with Gasteiger partial charge in [0.15, 0.2) is 0 Å². The van der Waals surface area contributed by atoms with Crippen molar-refractivity contribution < 1.29 is 18.3 Å². The fraction of sp³-hybridized carbons (Fsp3) is 0.316. The van der Waals surface area contributed by atoms with Crippen LogP contribution in [0.3, 0.4) is 0 Å². The smallest absolute Gasteiger partial charge is 0.307 e. The van der Waals surface area contributed by atoms with Crippen LogP contribution in [0.4, 0.5) is 0 Å². The Hall–Kier alpha value is -1.45. The van der Waals surface area contributed by atoms with Gasteiger partial charge in [0.1, 0.15) is 0 Å². The number of carboxylic acid groups (broad SMARTS) is 1. The monoisotopic (exact) mass is 485 g/mol. The van der Waals surface area contributed by atoms with E-state index in [1.165, 1.54) is 0 Å². The largest absolute Gasteiger partial charge is 0.481 e. The first-order chi connectivity index (χ1) is 12.4. The molecule has 2 atom stereocenters. The maximum Gasteiger partial charge on any atom is 0.307 e. The number of alkyl halides is 1. The van der Waals surface area contributed by atoms with Crippen molar-refractivity contribution in [3.05, 3.63) is 65.7 Å². The zero-order valence-corrected chi connectivity index (χ0v) is 17.1. The molecule has 0 saturated carbocycles. The molecule has 26 heavy (non-hydrogen) atoms. The number of carbonyl (C=O) groups is 1. The molecule has 1 saturated heterocycles. The zero-order valence-electron chi connectivity index (χ0n) is 14.1. The molecule has 0 spiro atoms. The molecule has 0 radical (unpaired) electrons. The van der Waals surface area contributed by atoms with Crippen molar-refractivity contribution in [2.24, 2.45) is 0 Å². The van der Waals surface area contributed by atoms with Gasteiger partial charge < -0.3 is 5.11 Å². The van der Waals surface area contributed by atoms with E-state index in [0.717, 1.165) is 24.0 Å². The molecule has 1 aliphatic rings. The number of hydrogen-bond donors (Lipinski definition) is 1. The number of nitrogens with zero attached hydrogens (tertiary/aromatic N) is 1. The Morgan fingerprint density at radius 1 is 1.15 bits per heavy atom. The van der Waals surface area contributed by atoms with Gasteiger partial charge >= 0.3 is 5.97 Å². The molecular formula is C19H20INO4S.